The summed E-state index contributed by atoms with van der Waals surface area (Å²) < 4.78 is 0. The van der Waals surface area contributed by atoms with E-state index < -0.39 is 0 Å². The molecule has 0 aliphatic heterocycles. The summed E-state index contributed by atoms with van der Waals surface area (Å²) in [5, 5.41) is 12.8. The third kappa shape index (κ3) is 3.10. The zero-order valence-electron chi connectivity index (χ0n) is 11.0. The Labute approximate surface area is 122 Å². The minimum absolute atomic E-state index is 0.114. The summed E-state index contributed by atoms with van der Waals surface area (Å²) in [5.74, 6) is 0.901. The Balaban J connectivity index is 2.24. The van der Waals surface area contributed by atoms with Crippen molar-refractivity contribution in [2.75, 3.05) is 11.2 Å². The molecule has 1 aromatic rings. The number of nitriles is 1. The number of nitrogens with zero attached hydrogens (tertiary/aromatic N) is 1. The minimum Gasteiger partial charge on any atom is -0.317 e. The molecule has 1 heterocycles. The second-order valence-electron chi connectivity index (χ2n) is 4.82. The van der Waals surface area contributed by atoms with Gasteiger partial charge in [-0.05, 0) is 30.7 Å². The minimum atomic E-state index is -0.114. The standard InChI is InChI=1S/C14H17ClN2OS/c1-2-9-3-4-10-11(8-16)14(19-12(10)7-9)17-13(18)5-6-15/h9H,2-7H2,1H3,(H,17,18)/t9-/m0/s1. The van der Waals surface area contributed by atoms with E-state index in [4.69, 9.17) is 11.6 Å². The van der Waals surface area contributed by atoms with Crippen LogP contribution in [-0.4, -0.2) is 11.8 Å². The molecule has 1 atom stereocenters. The molecule has 19 heavy (non-hydrogen) atoms. The van der Waals surface area contributed by atoms with Crippen molar-refractivity contribution >= 4 is 33.8 Å². The molecule has 0 saturated heterocycles. The van der Waals surface area contributed by atoms with E-state index >= 15 is 0 Å². The average molecular weight is 297 g/mol. The number of carbonyl (C=O) groups excluding carboxylic acids is 1. The number of thiophene rings is 1. The maximum absolute atomic E-state index is 11.6. The fraction of sp³-hybridized carbons (Fsp3) is 0.571. The number of hydrogen-bond donors (Lipinski definition) is 1. The molecule has 1 amide bonds. The molecule has 1 N–H and O–H groups in total. The van der Waals surface area contributed by atoms with E-state index in [1.165, 1.54) is 11.3 Å². The second kappa shape index (κ2) is 6.40. The van der Waals surface area contributed by atoms with E-state index in [0.717, 1.165) is 24.8 Å². The summed E-state index contributed by atoms with van der Waals surface area (Å²) >= 11 is 7.12. The fourth-order valence-electron chi connectivity index (χ4n) is 2.48. The van der Waals surface area contributed by atoms with Gasteiger partial charge in [-0.3, -0.25) is 4.79 Å². The summed E-state index contributed by atoms with van der Waals surface area (Å²) in [5.41, 5.74) is 1.82. The van der Waals surface area contributed by atoms with Gasteiger partial charge in [-0.1, -0.05) is 13.3 Å². The number of alkyl halides is 1. The molecule has 102 valence electrons. The van der Waals surface area contributed by atoms with Gasteiger partial charge in [0.2, 0.25) is 5.91 Å². The predicted molar refractivity (Wildman–Crippen MR) is 78.8 cm³/mol. The lowest BCUT2D eigenvalue weighted by molar-refractivity contribution is -0.115. The lowest BCUT2D eigenvalue weighted by atomic mass is 9.86. The monoisotopic (exact) mass is 296 g/mol. The topological polar surface area (TPSA) is 52.9 Å². The van der Waals surface area contributed by atoms with Crippen molar-refractivity contribution in [3.63, 3.8) is 0 Å². The van der Waals surface area contributed by atoms with Gasteiger partial charge in [-0.15, -0.1) is 22.9 Å². The van der Waals surface area contributed by atoms with Crippen LogP contribution in [0.25, 0.3) is 0 Å². The van der Waals surface area contributed by atoms with Crippen LogP contribution in [0.15, 0.2) is 0 Å². The summed E-state index contributed by atoms with van der Waals surface area (Å²) in [7, 11) is 0. The summed E-state index contributed by atoms with van der Waals surface area (Å²) in [6.07, 6.45) is 4.60. The number of halogens is 1. The Morgan fingerprint density at radius 3 is 3.05 bits per heavy atom. The number of nitrogens with one attached hydrogen (secondary N) is 1. The molecular weight excluding hydrogens is 280 g/mol. The van der Waals surface area contributed by atoms with Crippen LogP contribution >= 0.6 is 22.9 Å². The highest BCUT2D eigenvalue weighted by atomic mass is 35.5. The van der Waals surface area contributed by atoms with E-state index in [2.05, 4.69) is 18.3 Å². The Hall–Kier alpha value is -1.05. The number of anilines is 1. The van der Waals surface area contributed by atoms with Crippen LogP contribution in [0, 0.1) is 17.2 Å². The van der Waals surface area contributed by atoms with Crippen LogP contribution in [-0.2, 0) is 17.6 Å². The Morgan fingerprint density at radius 2 is 2.42 bits per heavy atom. The van der Waals surface area contributed by atoms with Crippen molar-refractivity contribution in [3.8, 4) is 6.07 Å². The van der Waals surface area contributed by atoms with Gasteiger partial charge >= 0.3 is 0 Å². The maximum Gasteiger partial charge on any atom is 0.226 e. The molecule has 0 unspecified atom stereocenters. The molecule has 1 aliphatic rings. The lowest BCUT2D eigenvalue weighted by Crippen LogP contribution is -2.12. The van der Waals surface area contributed by atoms with Gasteiger partial charge in [0, 0.05) is 17.2 Å². The average Bonchev–Trinajstić information content (AvgIpc) is 2.74. The second-order valence-corrected chi connectivity index (χ2v) is 6.31. The number of hydrogen-bond acceptors (Lipinski definition) is 3. The Morgan fingerprint density at radius 1 is 1.63 bits per heavy atom. The van der Waals surface area contributed by atoms with Gasteiger partial charge in [0.1, 0.15) is 11.1 Å². The van der Waals surface area contributed by atoms with Crippen molar-refractivity contribution in [1.82, 2.24) is 0 Å². The van der Waals surface area contributed by atoms with Gasteiger partial charge in [0.05, 0.1) is 5.56 Å². The number of amides is 1. The zero-order valence-corrected chi connectivity index (χ0v) is 12.5. The predicted octanol–water partition coefficient (Wildman–Crippen LogP) is 3.70. The highest BCUT2D eigenvalue weighted by molar-refractivity contribution is 7.16. The summed E-state index contributed by atoms with van der Waals surface area (Å²) in [6.45, 7) is 2.21. The molecule has 1 aromatic heterocycles. The molecule has 3 nitrogen and oxygen atoms in total. The van der Waals surface area contributed by atoms with Crippen LogP contribution in [0.1, 0.15) is 42.2 Å². The van der Waals surface area contributed by atoms with Crippen molar-refractivity contribution in [2.24, 2.45) is 5.92 Å². The quantitative estimate of drug-likeness (QED) is 0.861. The van der Waals surface area contributed by atoms with E-state index in [0.29, 0.717) is 22.4 Å². The van der Waals surface area contributed by atoms with Crippen molar-refractivity contribution < 1.29 is 4.79 Å². The number of fused-ring (bicyclic) bond motifs is 1. The van der Waals surface area contributed by atoms with E-state index in [1.807, 2.05) is 0 Å². The molecule has 0 spiro atoms. The van der Waals surface area contributed by atoms with Crippen LogP contribution in [0.4, 0.5) is 5.00 Å². The molecule has 0 fully saturated rings. The number of rotatable bonds is 4. The highest BCUT2D eigenvalue weighted by Gasteiger charge is 2.25. The third-order valence-electron chi connectivity index (χ3n) is 3.63. The van der Waals surface area contributed by atoms with Gasteiger partial charge < -0.3 is 5.32 Å². The first-order valence-corrected chi connectivity index (χ1v) is 7.95. The van der Waals surface area contributed by atoms with Crippen molar-refractivity contribution in [3.05, 3.63) is 16.0 Å². The molecule has 0 aromatic carbocycles. The van der Waals surface area contributed by atoms with Crippen molar-refractivity contribution in [2.45, 2.75) is 39.0 Å². The van der Waals surface area contributed by atoms with Gasteiger partial charge in [-0.2, -0.15) is 5.26 Å². The first-order valence-electron chi connectivity index (χ1n) is 6.60. The van der Waals surface area contributed by atoms with Gasteiger partial charge in [0.15, 0.2) is 0 Å². The van der Waals surface area contributed by atoms with E-state index in [1.54, 1.807) is 11.3 Å². The Kier molecular flexibility index (Phi) is 4.84. The Bertz CT molecular complexity index is 518. The first-order chi connectivity index (χ1) is 9.19. The van der Waals surface area contributed by atoms with E-state index in [9.17, 15) is 10.1 Å². The fourth-order valence-corrected chi connectivity index (χ4v) is 3.98. The van der Waals surface area contributed by atoms with Crippen LogP contribution in [0.2, 0.25) is 0 Å². The third-order valence-corrected chi connectivity index (χ3v) is 4.99. The molecule has 0 radical (unpaired) electrons. The molecule has 0 saturated carbocycles. The molecule has 1 aliphatic carbocycles. The largest absolute Gasteiger partial charge is 0.317 e. The maximum atomic E-state index is 11.6. The van der Waals surface area contributed by atoms with Crippen LogP contribution < -0.4 is 5.32 Å². The van der Waals surface area contributed by atoms with Crippen LogP contribution in [0.5, 0.6) is 0 Å². The SMILES string of the molecule is CC[C@H]1CCc2c(sc(NC(=O)CCCl)c2C#N)C1. The lowest BCUT2D eigenvalue weighted by Gasteiger charge is -2.20. The summed E-state index contributed by atoms with van der Waals surface area (Å²) in [6, 6.07) is 2.25. The normalized spacial score (nSPS) is 17.6. The number of carbonyl (C=O) groups is 1. The van der Waals surface area contributed by atoms with Gasteiger partial charge in [-0.25, -0.2) is 0 Å². The first kappa shape index (κ1) is 14.4. The molecule has 2 rings (SSSR count). The zero-order chi connectivity index (χ0) is 13.8. The summed E-state index contributed by atoms with van der Waals surface area (Å²) in [4.78, 5) is 12.9. The van der Waals surface area contributed by atoms with E-state index in [-0.39, 0.29) is 12.3 Å². The molecule has 5 heteroatoms. The van der Waals surface area contributed by atoms with Crippen molar-refractivity contribution in [1.29, 1.82) is 5.26 Å². The molecule has 0 bridgehead atoms. The smallest absolute Gasteiger partial charge is 0.226 e. The van der Waals surface area contributed by atoms with Gasteiger partial charge in [0.25, 0.3) is 0 Å². The highest BCUT2D eigenvalue weighted by Crippen LogP contribution is 2.39. The van der Waals surface area contributed by atoms with Crippen LogP contribution in [0.3, 0.4) is 0 Å². The molecular formula is C14H17ClN2OS.